The Bertz CT molecular complexity index is 927. The lowest BCUT2D eigenvalue weighted by Gasteiger charge is -2.25. The molecule has 0 fully saturated rings. The van der Waals surface area contributed by atoms with Gasteiger partial charge in [-0.3, -0.25) is 9.36 Å². The molecule has 0 saturated carbocycles. The van der Waals surface area contributed by atoms with Gasteiger partial charge in [-0.05, 0) is 43.9 Å². The van der Waals surface area contributed by atoms with Crippen molar-refractivity contribution >= 4 is 17.2 Å². The second-order valence-corrected chi connectivity index (χ2v) is 7.48. The molecule has 0 bridgehead atoms. The number of hydrogen-bond donors (Lipinski definition) is 0. The van der Waals surface area contributed by atoms with E-state index >= 15 is 0 Å². The van der Waals surface area contributed by atoms with Crippen molar-refractivity contribution in [2.24, 2.45) is 0 Å². The van der Waals surface area contributed by atoms with Crippen LogP contribution in [0.4, 0.5) is 0 Å². The molecule has 1 aromatic carbocycles. The Morgan fingerprint density at radius 1 is 1.32 bits per heavy atom. The van der Waals surface area contributed by atoms with Crippen molar-refractivity contribution in [1.29, 1.82) is 0 Å². The van der Waals surface area contributed by atoms with E-state index in [0.717, 1.165) is 34.9 Å². The van der Waals surface area contributed by atoms with Crippen LogP contribution in [0.3, 0.4) is 0 Å². The average molecular weight is 351 g/mol. The molecule has 2 aromatic heterocycles. The van der Waals surface area contributed by atoms with Crippen molar-refractivity contribution in [1.82, 2.24) is 14.5 Å². The molecular formula is C20H21N3OS. The van der Waals surface area contributed by atoms with Gasteiger partial charge in [0.15, 0.2) is 5.13 Å². The van der Waals surface area contributed by atoms with Crippen LogP contribution >= 0.6 is 11.3 Å². The predicted molar refractivity (Wildman–Crippen MR) is 101 cm³/mol. The smallest absolute Gasteiger partial charge is 0.255 e. The van der Waals surface area contributed by atoms with Crippen molar-refractivity contribution in [3.8, 4) is 5.13 Å². The number of rotatable bonds is 3. The van der Waals surface area contributed by atoms with Gasteiger partial charge < -0.3 is 4.90 Å². The Balaban J connectivity index is 1.67. The minimum atomic E-state index is 0.0811. The molecule has 1 unspecified atom stereocenters. The van der Waals surface area contributed by atoms with E-state index in [1.165, 1.54) is 11.1 Å². The van der Waals surface area contributed by atoms with Gasteiger partial charge in [0.1, 0.15) is 0 Å². The number of carbonyl (C=O) groups excluding carboxylic acids is 1. The summed E-state index contributed by atoms with van der Waals surface area (Å²) < 4.78 is 2.06. The maximum Gasteiger partial charge on any atom is 0.255 e. The Hall–Kier alpha value is -2.40. The Morgan fingerprint density at radius 3 is 2.88 bits per heavy atom. The maximum absolute atomic E-state index is 13.2. The van der Waals surface area contributed by atoms with Crippen LogP contribution in [-0.4, -0.2) is 27.4 Å². The van der Waals surface area contributed by atoms with Crippen molar-refractivity contribution in [2.75, 3.05) is 7.05 Å². The molecule has 25 heavy (non-hydrogen) atoms. The molecule has 4 nitrogen and oxygen atoms in total. The second-order valence-electron chi connectivity index (χ2n) is 6.60. The predicted octanol–water partition coefficient (Wildman–Crippen LogP) is 4.31. The zero-order chi connectivity index (χ0) is 17.6. The third-order valence-electron chi connectivity index (χ3n) is 5.16. The highest BCUT2D eigenvalue weighted by molar-refractivity contribution is 7.12. The van der Waals surface area contributed by atoms with E-state index in [9.17, 15) is 4.79 Å². The highest BCUT2D eigenvalue weighted by Gasteiger charge is 2.30. The lowest BCUT2D eigenvalue weighted by atomic mass is 10.1. The first kappa shape index (κ1) is 16.1. The summed E-state index contributed by atoms with van der Waals surface area (Å²) in [4.78, 5) is 19.5. The summed E-state index contributed by atoms with van der Waals surface area (Å²) in [5.74, 6) is 0.0811. The molecule has 0 N–H and O–H groups in total. The fourth-order valence-corrected chi connectivity index (χ4v) is 4.62. The number of aromatic nitrogens is 2. The molecule has 5 heteroatoms. The SMILES string of the molecule is Cc1cc(C(=O)N(C)C2CCc3ccccc32)c(C)n1-c1nccs1. The van der Waals surface area contributed by atoms with Gasteiger partial charge in [0.05, 0.1) is 11.6 Å². The van der Waals surface area contributed by atoms with Gasteiger partial charge >= 0.3 is 0 Å². The van der Waals surface area contributed by atoms with Crippen molar-refractivity contribution in [3.05, 3.63) is 70.0 Å². The van der Waals surface area contributed by atoms with Crippen molar-refractivity contribution in [3.63, 3.8) is 0 Å². The summed E-state index contributed by atoms with van der Waals surface area (Å²) in [6.45, 7) is 4.02. The third-order valence-corrected chi connectivity index (χ3v) is 5.92. The zero-order valence-corrected chi connectivity index (χ0v) is 15.5. The first-order valence-electron chi connectivity index (χ1n) is 8.51. The lowest BCUT2D eigenvalue weighted by Crippen LogP contribution is -2.30. The highest BCUT2D eigenvalue weighted by atomic mass is 32.1. The first-order valence-corrected chi connectivity index (χ1v) is 9.39. The molecule has 1 aliphatic rings. The fraction of sp³-hybridized carbons (Fsp3) is 0.300. The van der Waals surface area contributed by atoms with E-state index in [-0.39, 0.29) is 11.9 Å². The summed E-state index contributed by atoms with van der Waals surface area (Å²) >= 11 is 1.58. The van der Waals surface area contributed by atoms with Gasteiger partial charge in [0.25, 0.3) is 5.91 Å². The largest absolute Gasteiger partial charge is 0.335 e. The number of hydrogen-bond acceptors (Lipinski definition) is 3. The van der Waals surface area contributed by atoms with Crippen LogP contribution in [0.2, 0.25) is 0 Å². The molecule has 3 aromatic rings. The van der Waals surface area contributed by atoms with E-state index in [1.807, 2.05) is 37.2 Å². The van der Waals surface area contributed by atoms with Crippen LogP contribution in [0.5, 0.6) is 0 Å². The molecule has 2 heterocycles. The molecule has 0 spiro atoms. The monoisotopic (exact) mass is 351 g/mol. The van der Waals surface area contributed by atoms with Crippen LogP contribution < -0.4 is 0 Å². The van der Waals surface area contributed by atoms with Gasteiger partial charge in [-0.25, -0.2) is 4.98 Å². The first-order chi connectivity index (χ1) is 12.1. The molecule has 0 saturated heterocycles. The summed E-state index contributed by atoms with van der Waals surface area (Å²) in [6, 6.07) is 10.6. The van der Waals surface area contributed by atoms with Crippen LogP contribution in [0.1, 0.15) is 45.3 Å². The zero-order valence-electron chi connectivity index (χ0n) is 14.7. The maximum atomic E-state index is 13.2. The average Bonchev–Trinajstić information content (AvgIpc) is 3.32. The van der Waals surface area contributed by atoms with E-state index in [4.69, 9.17) is 0 Å². The molecule has 128 valence electrons. The topological polar surface area (TPSA) is 38.1 Å². The Labute approximate surface area is 151 Å². The number of thiazole rings is 1. The number of nitrogens with zero attached hydrogens (tertiary/aromatic N) is 3. The number of fused-ring (bicyclic) bond motifs is 1. The van der Waals surface area contributed by atoms with E-state index in [0.29, 0.717) is 0 Å². The number of benzene rings is 1. The molecular weight excluding hydrogens is 330 g/mol. The molecule has 0 radical (unpaired) electrons. The Kier molecular flexibility index (Phi) is 3.96. The molecule has 1 aliphatic carbocycles. The van der Waals surface area contributed by atoms with Gasteiger partial charge in [-0.15, -0.1) is 11.3 Å². The summed E-state index contributed by atoms with van der Waals surface area (Å²) in [5, 5.41) is 2.86. The van der Waals surface area contributed by atoms with Gasteiger partial charge in [-0.2, -0.15) is 0 Å². The van der Waals surface area contributed by atoms with Gasteiger partial charge in [0.2, 0.25) is 0 Å². The summed E-state index contributed by atoms with van der Waals surface area (Å²) in [6.07, 6.45) is 3.82. The number of aryl methyl sites for hydroxylation is 2. The van der Waals surface area contributed by atoms with E-state index < -0.39 is 0 Å². The molecule has 4 rings (SSSR count). The normalized spacial score (nSPS) is 16.0. The third kappa shape index (κ3) is 2.59. The number of carbonyl (C=O) groups is 1. The summed E-state index contributed by atoms with van der Waals surface area (Å²) in [7, 11) is 1.92. The number of amides is 1. The van der Waals surface area contributed by atoms with Crippen LogP contribution in [-0.2, 0) is 6.42 Å². The van der Waals surface area contributed by atoms with Gasteiger partial charge in [-0.1, -0.05) is 24.3 Å². The van der Waals surface area contributed by atoms with E-state index in [2.05, 4.69) is 33.8 Å². The summed E-state index contributed by atoms with van der Waals surface area (Å²) in [5.41, 5.74) is 5.40. The van der Waals surface area contributed by atoms with Crippen LogP contribution in [0.25, 0.3) is 5.13 Å². The van der Waals surface area contributed by atoms with Gasteiger partial charge in [0, 0.05) is 30.0 Å². The van der Waals surface area contributed by atoms with Crippen molar-refractivity contribution in [2.45, 2.75) is 32.7 Å². The van der Waals surface area contributed by atoms with E-state index in [1.54, 1.807) is 17.5 Å². The van der Waals surface area contributed by atoms with Crippen LogP contribution in [0, 0.1) is 13.8 Å². The van der Waals surface area contributed by atoms with Crippen LogP contribution in [0.15, 0.2) is 41.9 Å². The molecule has 1 amide bonds. The minimum Gasteiger partial charge on any atom is -0.335 e. The highest BCUT2D eigenvalue weighted by Crippen LogP contribution is 2.36. The van der Waals surface area contributed by atoms with Crippen molar-refractivity contribution < 1.29 is 4.79 Å². The fourth-order valence-electron chi connectivity index (χ4n) is 3.87. The standard InChI is InChI=1S/C20H21N3OS/c1-13-12-17(14(2)23(13)20-21-10-11-25-20)19(24)22(3)18-9-8-15-6-4-5-7-16(15)18/h4-7,10-12,18H,8-9H2,1-3H3. The second kappa shape index (κ2) is 6.15. The Morgan fingerprint density at radius 2 is 2.12 bits per heavy atom. The molecule has 0 aliphatic heterocycles. The quantitative estimate of drug-likeness (QED) is 0.705. The molecule has 1 atom stereocenters. The lowest BCUT2D eigenvalue weighted by molar-refractivity contribution is 0.0730. The minimum absolute atomic E-state index is 0.0811.